The molecule has 4 aromatic carbocycles. The van der Waals surface area contributed by atoms with Gasteiger partial charge >= 0.3 is 0 Å². The van der Waals surface area contributed by atoms with Crippen molar-refractivity contribution in [1.29, 1.82) is 0 Å². The summed E-state index contributed by atoms with van der Waals surface area (Å²) in [5.41, 5.74) is 2.31. The molecule has 44 heavy (non-hydrogen) atoms. The molecule has 0 fully saturated rings. The second-order valence-electron chi connectivity index (χ2n) is 9.91. The van der Waals surface area contributed by atoms with Gasteiger partial charge in [-0.05, 0) is 92.6 Å². The van der Waals surface area contributed by atoms with Gasteiger partial charge < -0.3 is 10.1 Å². The second-order valence-corrected chi connectivity index (χ2v) is 13.5. The van der Waals surface area contributed by atoms with E-state index in [1.165, 1.54) is 74.7 Å². The lowest BCUT2D eigenvalue weighted by Crippen LogP contribution is -2.38. The number of aryl methyl sites for hydroxylation is 3. The van der Waals surface area contributed by atoms with Crippen LogP contribution in [0, 0.1) is 30.9 Å². The van der Waals surface area contributed by atoms with E-state index in [2.05, 4.69) is 10.0 Å². The smallest absolute Gasteiger partial charge is 0.273 e. The Balaban J connectivity index is 1.58. The molecular weight excluding hydrogens is 608 g/mol. The summed E-state index contributed by atoms with van der Waals surface area (Å²) in [6, 6.07) is 20.2. The first-order valence-electron chi connectivity index (χ1n) is 13.1. The van der Waals surface area contributed by atoms with Crippen LogP contribution < -0.4 is 19.1 Å². The number of nitro benzene ring substituents is 1. The summed E-state index contributed by atoms with van der Waals surface area (Å²) in [5.74, 6) is -0.293. The molecule has 230 valence electrons. The van der Waals surface area contributed by atoms with E-state index in [4.69, 9.17) is 4.74 Å². The molecule has 0 aliphatic rings. The number of nitrogens with zero attached hydrogens (tertiary/aromatic N) is 2. The number of anilines is 3. The molecule has 0 heterocycles. The highest BCUT2D eigenvalue weighted by molar-refractivity contribution is 7.93. The van der Waals surface area contributed by atoms with Gasteiger partial charge in [0, 0.05) is 17.3 Å². The number of rotatable bonds is 11. The predicted molar refractivity (Wildman–Crippen MR) is 167 cm³/mol. The van der Waals surface area contributed by atoms with Crippen LogP contribution in [-0.2, 0) is 24.8 Å². The van der Waals surface area contributed by atoms with E-state index in [0.29, 0.717) is 11.4 Å². The van der Waals surface area contributed by atoms with E-state index < -0.39 is 37.4 Å². The van der Waals surface area contributed by atoms with Crippen LogP contribution in [0.1, 0.15) is 16.7 Å². The molecule has 0 unspecified atom stereocenters. The van der Waals surface area contributed by atoms with E-state index in [1.807, 2.05) is 13.0 Å². The number of ether oxygens (including phenoxy) is 1. The highest BCUT2D eigenvalue weighted by atomic mass is 32.2. The third-order valence-corrected chi connectivity index (χ3v) is 9.85. The van der Waals surface area contributed by atoms with Gasteiger partial charge in [-0.3, -0.25) is 23.9 Å². The SMILES string of the molecule is COc1ccc(N(CC(=O)Nc2ccc(S(=O)(=O)Nc3cc(C)ccc3C)cc2)S(=O)(=O)c2ccc(C)c([N+](=O)[O-])c2)cc1. The van der Waals surface area contributed by atoms with Gasteiger partial charge in [-0.25, -0.2) is 16.8 Å². The Kier molecular flexibility index (Phi) is 9.25. The Hall–Kier alpha value is -4.95. The Morgan fingerprint density at radius 2 is 1.45 bits per heavy atom. The summed E-state index contributed by atoms with van der Waals surface area (Å²) in [5, 5.41) is 14.1. The van der Waals surface area contributed by atoms with Crippen molar-refractivity contribution in [2.24, 2.45) is 0 Å². The molecule has 0 radical (unpaired) electrons. The Labute approximate surface area is 255 Å². The van der Waals surface area contributed by atoms with E-state index in [1.54, 1.807) is 19.1 Å². The molecule has 14 heteroatoms. The second kappa shape index (κ2) is 12.7. The number of amides is 1. The summed E-state index contributed by atoms with van der Waals surface area (Å²) in [6.07, 6.45) is 0. The van der Waals surface area contributed by atoms with Crippen LogP contribution in [0.25, 0.3) is 0 Å². The molecular formula is C30H30N4O8S2. The Morgan fingerprint density at radius 3 is 2.07 bits per heavy atom. The topological polar surface area (TPSA) is 165 Å². The Morgan fingerprint density at radius 1 is 0.841 bits per heavy atom. The van der Waals surface area contributed by atoms with E-state index >= 15 is 0 Å². The standard InChI is InChI=1S/C30H30N4O8S2/c1-20-5-6-21(2)28(17-20)32-43(38,39)26-15-8-23(9-16-26)31-30(35)19-33(24-10-12-25(42-4)13-11-24)44(40,41)27-14-7-22(3)29(18-27)34(36)37/h5-18,32H,19H2,1-4H3,(H,31,35). The minimum absolute atomic E-state index is 0.0418. The monoisotopic (exact) mass is 638 g/mol. The number of carbonyl (C=O) groups excluding carboxylic acids is 1. The molecule has 2 N–H and O–H groups in total. The fraction of sp³-hybridized carbons (Fsp3) is 0.167. The summed E-state index contributed by atoms with van der Waals surface area (Å²) >= 11 is 0. The molecule has 4 rings (SSSR count). The predicted octanol–water partition coefficient (Wildman–Crippen LogP) is 5.16. The van der Waals surface area contributed by atoms with Crippen LogP contribution in [0.4, 0.5) is 22.7 Å². The molecule has 0 aliphatic heterocycles. The van der Waals surface area contributed by atoms with Gasteiger partial charge in [0.2, 0.25) is 5.91 Å². The quantitative estimate of drug-likeness (QED) is 0.168. The number of sulfonamides is 2. The molecule has 0 spiro atoms. The van der Waals surface area contributed by atoms with Crippen LogP contribution >= 0.6 is 0 Å². The van der Waals surface area contributed by atoms with Gasteiger partial charge in [0.25, 0.3) is 25.7 Å². The molecule has 0 aliphatic carbocycles. The highest BCUT2D eigenvalue weighted by Crippen LogP contribution is 2.29. The zero-order valence-electron chi connectivity index (χ0n) is 24.3. The van der Waals surface area contributed by atoms with Crippen LogP contribution in [0.15, 0.2) is 94.7 Å². The van der Waals surface area contributed by atoms with Crippen LogP contribution in [0.3, 0.4) is 0 Å². The summed E-state index contributed by atoms with van der Waals surface area (Å²) in [7, 11) is -6.94. The maximum Gasteiger partial charge on any atom is 0.273 e. The third kappa shape index (κ3) is 7.15. The molecule has 0 bridgehead atoms. The maximum absolute atomic E-state index is 13.7. The highest BCUT2D eigenvalue weighted by Gasteiger charge is 2.29. The first-order chi connectivity index (χ1) is 20.7. The minimum atomic E-state index is -4.46. The molecule has 0 saturated carbocycles. The van der Waals surface area contributed by atoms with Gasteiger partial charge in [0.1, 0.15) is 12.3 Å². The van der Waals surface area contributed by atoms with E-state index in [-0.39, 0.29) is 32.4 Å². The van der Waals surface area contributed by atoms with E-state index in [9.17, 15) is 31.7 Å². The molecule has 1 amide bonds. The third-order valence-electron chi connectivity index (χ3n) is 6.70. The minimum Gasteiger partial charge on any atom is -0.497 e. The molecule has 0 aromatic heterocycles. The number of methoxy groups -OCH3 is 1. The van der Waals surface area contributed by atoms with Gasteiger partial charge in [-0.15, -0.1) is 0 Å². The van der Waals surface area contributed by atoms with Crippen molar-refractivity contribution in [3.8, 4) is 5.75 Å². The van der Waals surface area contributed by atoms with Crippen molar-refractivity contribution in [2.45, 2.75) is 30.6 Å². The first kappa shape index (κ1) is 32.0. The van der Waals surface area contributed by atoms with Gasteiger partial charge in [0.15, 0.2) is 0 Å². The van der Waals surface area contributed by atoms with Gasteiger partial charge in [0.05, 0.1) is 33.2 Å². The summed E-state index contributed by atoms with van der Waals surface area (Å²) < 4.78 is 61.9. The van der Waals surface area contributed by atoms with Crippen molar-refractivity contribution in [2.75, 3.05) is 28.0 Å². The van der Waals surface area contributed by atoms with Gasteiger partial charge in [-0.2, -0.15) is 0 Å². The van der Waals surface area contributed by atoms with Crippen molar-refractivity contribution in [3.05, 3.63) is 112 Å². The average Bonchev–Trinajstić information content (AvgIpc) is 2.98. The first-order valence-corrected chi connectivity index (χ1v) is 16.1. The number of carbonyl (C=O) groups is 1. The largest absolute Gasteiger partial charge is 0.497 e. The van der Waals surface area contributed by atoms with Crippen molar-refractivity contribution >= 4 is 48.7 Å². The average molecular weight is 639 g/mol. The van der Waals surface area contributed by atoms with Crippen LogP contribution in [0.5, 0.6) is 5.75 Å². The number of benzene rings is 4. The lowest BCUT2D eigenvalue weighted by Gasteiger charge is -2.24. The Bertz CT molecular complexity index is 1930. The molecule has 4 aromatic rings. The molecule has 0 atom stereocenters. The molecule has 12 nitrogen and oxygen atoms in total. The maximum atomic E-state index is 13.7. The van der Waals surface area contributed by atoms with Crippen molar-refractivity contribution < 1.29 is 31.3 Å². The normalized spacial score (nSPS) is 11.5. The van der Waals surface area contributed by atoms with Crippen molar-refractivity contribution in [1.82, 2.24) is 0 Å². The number of nitro groups is 1. The van der Waals surface area contributed by atoms with Crippen LogP contribution in [0.2, 0.25) is 0 Å². The lowest BCUT2D eigenvalue weighted by atomic mass is 10.1. The number of nitrogens with one attached hydrogen (secondary N) is 2. The fourth-order valence-electron chi connectivity index (χ4n) is 4.23. The zero-order chi connectivity index (χ0) is 32.2. The zero-order valence-corrected chi connectivity index (χ0v) is 25.9. The molecule has 0 saturated heterocycles. The van der Waals surface area contributed by atoms with Crippen molar-refractivity contribution in [3.63, 3.8) is 0 Å². The summed E-state index contributed by atoms with van der Waals surface area (Å²) in [6.45, 7) is 4.43. The summed E-state index contributed by atoms with van der Waals surface area (Å²) in [4.78, 5) is 23.5. The number of hydrogen-bond acceptors (Lipinski definition) is 8. The lowest BCUT2D eigenvalue weighted by molar-refractivity contribution is -0.385. The number of hydrogen-bond donors (Lipinski definition) is 2. The van der Waals surface area contributed by atoms with Crippen LogP contribution in [-0.4, -0.2) is 41.3 Å². The fourth-order valence-corrected chi connectivity index (χ4v) is 6.80. The van der Waals surface area contributed by atoms with E-state index in [0.717, 1.165) is 21.5 Å². The van der Waals surface area contributed by atoms with Gasteiger partial charge in [-0.1, -0.05) is 18.2 Å².